The molecule has 0 spiro atoms. The van der Waals surface area contributed by atoms with Crippen LogP contribution in [0.4, 0.5) is 0 Å². The van der Waals surface area contributed by atoms with Gasteiger partial charge >= 0.3 is 0 Å². The molecule has 108 valence electrons. The molecular weight excluding hydrogens is 232 g/mol. The summed E-state index contributed by atoms with van der Waals surface area (Å²) in [6, 6.07) is 0. The summed E-state index contributed by atoms with van der Waals surface area (Å²) in [5.74, 6) is 2.05. The Labute approximate surface area is 118 Å². The molecule has 0 saturated carbocycles. The van der Waals surface area contributed by atoms with Gasteiger partial charge in [-0.2, -0.15) is 0 Å². The van der Waals surface area contributed by atoms with Gasteiger partial charge in [0.1, 0.15) is 0 Å². The zero-order valence-corrected chi connectivity index (χ0v) is 12.4. The van der Waals surface area contributed by atoms with Gasteiger partial charge < -0.3 is 5.11 Å². The number of hydrogen-bond acceptors (Lipinski definition) is 1. The first-order valence-corrected chi connectivity index (χ1v) is 8.29. The maximum absolute atomic E-state index is 9.56. The molecule has 0 saturated heterocycles. The molecule has 0 fully saturated rings. The van der Waals surface area contributed by atoms with E-state index in [-0.39, 0.29) is 6.10 Å². The van der Waals surface area contributed by atoms with Crippen LogP contribution in [-0.2, 0) is 0 Å². The second-order valence-electron chi connectivity index (χ2n) is 6.53. The SMILES string of the molecule is CC(O)C1C=CC(CCCCC2C=CCCC2)CC1. The van der Waals surface area contributed by atoms with Crippen LogP contribution in [0.1, 0.15) is 64.7 Å². The van der Waals surface area contributed by atoms with Gasteiger partial charge in [-0.3, -0.25) is 0 Å². The van der Waals surface area contributed by atoms with E-state index < -0.39 is 0 Å². The molecule has 0 aromatic carbocycles. The smallest absolute Gasteiger partial charge is 0.0574 e. The fraction of sp³-hybridized carbons (Fsp3) is 0.778. The molecule has 1 heteroatoms. The van der Waals surface area contributed by atoms with Crippen molar-refractivity contribution in [3.05, 3.63) is 24.3 Å². The molecule has 0 heterocycles. The topological polar surface area (TPSA) is 20.2 Å². The third-order valence-corrected chi connectivity index (χ3v) is 4.87. The summed E-state index contributed by atoms with van der Waals surface area (Å²) in [5.41, 5.74) is 0. The predicted octanol–water partition coefficient (Wildman–Crippen LogP) is 4.87. The van der Waals surface area contributed by atoms with Gasteiger partial charge in [-0.1, -0.05) is 37.1 Å². The van der Waals surface area contributed by atoms with Gasteiger partial charge in [0.15, 0.2) is 0 Å². The van der Waals surface area contributed by atoms with Gasteiger partial charge in [-0.15, -0.1) is 0 Å². The van der Waals surface area contributed by atoms with Crippen molar-refractivity contribution < 1.29 is 5.11 Å². The first kappa shape index (κ1) is 14.8. The van der Waals surface area contributed by atoms with Gasteiger partial charge in [0, 0.05) is 5.92 Å². The average Bonchev–Trinajstić information content (AvgIpc) is 2.45. The van der Waals surface area contributed by atoms with E-state index in [1.54, 1.807) is 0 Å². The third-order valence-electron chi connectivity index (χ3n) is 4.87. The molecule has 0 amide bonds. The fourth-order valence-corrected chi connectivity index (χ4v) is 3.48. The monoisotopic (exact) mass is 262 g/mol. The molecule has 2 aliphatic rings. The molecular formula is C18H30O. The van der Waals surface area contributed by atoms with E-state index in [1.807, 2.05) is 6.92 Å². The van der Waals surface area contributed by atoms with Crippen LogP contribution in [0.15, 0.2) is 24.3 Å². The Morgan fingerprint density at radius 1 is 1.00 bits per heavy atom. The average molecular weight is 262 g/mol. The Morgan fingerprint density at radius 2 is 1.74 bits per heavy atom. The Morgan fingerprint density at radius 3 is 2.26 bits per heavy atom. The van der Waals surface area contributed by atoms with E-state index in [9.17, 15) is 5.11 Å². The van der Waals surface area contributed by atoms with Crippen LogP contribution in [0.25, 0.3) is 0 Å². The van der Waals surface area contributed by atoms with Gasteiger partial charge in [-0.05, 0) is 63.7 Å². The lowest BCUT2D eigenvalue weighted by atomic mass is 9.83. The number of aliphatic hydroxyl groups excluding tert-OH is 1. The molecule has 0 bridgehead atoms. The Bertz CT molecular complexity index is 303. The Hall–Kier alpha value is -0.560. The largest absolute Gasteiger partial charge is 0.393 e. The van der Waals surface area contributed by atoms with Crippen LogP contribution in [0.2, 0.25) is 0 Å². The second kappa shape index (κ2) is 7.89. The lowest BCUT2D eigenvalue weighted by molar-refractivity contribution is 0.136. The maximum atomic E-state index is 9.56. The number of unbranched alkanes of at least 4 members (excludes halogenated alkanes) is 1. The summed E-state index contributed by atoms with van der Waals surface area (Å²) < 4.78 is 0. The minimum absolute atomic E-state index is 0.171. The highest BCUT2D eigenvalue weighted by Crippen LogP contribution is 2.29. The lowest BCUT2D eigenvalue weighted by Crippen LogP contribution is -2.19. The summed E-state index contributed by atoms with van der Waals surface area (Å²) in [6.07, 6.45) is 21.3. The van der Waals surface area contributed by atoms with Crippen molar-refractivity contribution in [2.24, 2.45) is 17.8 Å². The normalized spacial score (nSPS) is 32.4. The van der Waals surface area contributed by atoms with Gasteiger partial charge in [0.2, 0.25) is 0 Å². The van der Waals surface area contributed by atoms with Crippen molar-refractivity contribution in [3.63, 3.8) is 0 Å². The van der Waals surface area contributed by atoms with Crippen LogP contribution < -0.4 is 0 Å². The first-order valence-electron chi connectivity index (χ1n) is 8.29. The fourth-order valence-electron chi connectivity index (χ4n) is 3.48. The van der Waals surface area contributed by atoms with E-state index in [0.717, 1.165) is 11.8 Å². The summed E-state index contributed by atoms with van der Waals surface area (Å²) >= 11 is 0. The van der Waals surface area contributed by atoms with E-state index >= 15 is 0 Å². The summed E-state index contributed by atoms with van der Waals surface area (Å²) in [4.78, 5) is 0. The van der Waals surface area contributed by atoms with E-state index in [4.69, 9.17) is 0 Å². The van der Waals surface area contributed by atoms with Crippen LogP contribution in [0.3, 0.4) is 0 Å². The quantitative estimate of drug-likeness (QED) is 0.535. The number of rotatable bonds is 6. The molecule has 0 aromatic rings. The van der Waals surface area contributed by atoms with E-state index in [1.165, 1.54) is 57.8 Å². The van der Waals surface area contributed by atoms with Crippen LogP contribution >= 0.6 is 0 Å². The zero-order chi connectivity index (χ0) is 13.5. The zero-order valence-electron chi connectivity index (χ0n) is 12.4. The predicted molar refractivity (Wildman–Crippen MR) is 82.0 cm³/mol. The van der Waals surface area contributed by atoms with Crippen molar-refractivity contribution >= 4 is 0 Å². The van der Waals surface area contributed by atoms with E-state index in [2.05, 4.69) is 24.3 Å². The van der Waals surface area contributed by atoms with Crippen LogP contribution in [0.5, 0.6) is 0 Å². The van der Waals surface area contributed by atoms with E-state index in [0.29, 0.717) is 5.92 Å². The Kier molecular flexibility index (Phi) is 6.16. The highest BCUT2D eigenvalue weighted by molar-refractivity contribution is 4.99. The second-order valence-corrected chi connectivity index (χ2v) is 6.53. The lowest BCUT2D eigenvalue weighted by Gasteiger charge is -2.24. The molecule has 0 radical (unpaired) electrons. The van der Waals surface area contributed by atoms with Gasteiger partial charge in [0.25, 0.3) is 0 Å². The van der Waals surface area contributed by atoms with Crippen molar-refractivity contribution in [1.82, 2.24) is 0 Å². The molecule has 0 aliphatic heterocycles. The first-order chi connectivity index (χ1) is 9.25. The molecule has 19 heavy (non-hydrogen) atoms. The van der Waals surface area contributed by atoms with Crippen molar-refractivity contribution in [2.45, 2.75) is 70.8 Å². The van der Waals surface area contributed by atoms with Crippen LogP contribution in [-0.4, -0.2) is 11.2 Å². The standard InChI is InChI=1S/C18H30O/c1-15(19)18-13-11-17(12-14-18)10-6-5-9-16-7-3-2-4-8-16/h3,7,11,13,15-19H,2,4-6,8-10,12,14H2,1H3. The molecule has 1 nitrogen and oxygen atoms in total. The molecule has 2 aliphatic carbocycles. The van der Waals surface area contributed by atoms with Crippen molar-refractivity contribution in [2.75, 3.05) is 0 Å². The molecule has 0 aromatic heterocycles. The van der Waals surface area contributed by atoms with Crippen molar-refractivity contribution in [1.29, 1.82) is 0 Å². The summed E-state index contributed by atoms with van der Waals surface area (Å²) in [5, 5.41) is 9.56. The number of allylic oxidation sites excluding steroid dienone is 3. The molecule has 4 atom stereocenters. The molecule has 4 unspecified atom stereocenters. The Balaban J connectivity index is 1.58. The van der Waals surface area contributed by atoms with Gasteiger partial charge in [0.05, 0.1) is 6.10 Å². The minimum Gasteiger partial charge on any atom is -0.393 e. The van der Waals surface area contributed by atoms with Crippen molar-refractivity contribution in [3.8, 4) is 0 Å². The maximum Gasteiger partial charge on any atom is 0.0574 e. The van der Waals surface area contributed by atoms with Crippen LogP contribution in [0, 0.1) is 17.8 Å². The summed E-state index contributed by atoms with van der Waals surface area (Å²) in [6.45, 7) is 1.91. The highest BCUT2D eigenvalue weighted by atomic mass is 16.3. The molecule has 1 N–H and O–H groups in total. The third kappa shape index (κ3) is 5.14. The molecule has 2 rings (SSSR count). The van der Waals surface area contributed by atoms with Gasteiger partial charge in [-0.25, -0.2) is 0 Å². The number of aliphatic hydroxyl groups is 1. The highest BCUT2D eigenvalue weighted by Gasteiger charge is 2.18. The minimum atomic E-state index is -0.171. The number of hydrogen-bond donors (Lipinski definition) is 1. The summed E-state index contributed by atoms with van der Waals surface area (Å²) in [7, 11) is 0.